The molecule has 0 unspecified atom stereocenters. The highest BCUT2D eigenvalue weighted by molar-refractivity contribution is 5.77. The van der Waals surface area contributed by atoms with Gasteiger partial charge in [0.15, 0.2) is 18.9 Å². The summed E-state index contributed by atoms with van der Waals surface area (Å²) in [5.41, 5.74) is 4.81. The summed E-state index contributed by atoms with van der Waals surface area (Å²) in [5, 5.41) is 8.33. The first-order valence-electron chi connectivity index (χ1n) is 7.18. The quantitative estimate of drug-likeness (QED) is 0.303. The maximum atomic E-state index is 11.3. The van der Waals surface area contributed by atoms with Gasteiger partial charge in [-0.1, -0.05) is 23.4 Å². The number of nitrogens with zero attached hydrogens (tertiary/aromatic N) is 4. The van der Waals surface area contributed by atoms with Crippen LogP contribution in [0.3, 0.4) is 0 Å². The smallest absolute Gasteiger partial charge is 0.238 e. The molecular formula is C16H17N6O+. The molecule has 0 saturated carbocycles. The van der Waals surface area contributed by atoms with E-state index in [1.54, 1.807) is 4.68 Å². The van der Waals surface area contributed by atoms with E-state index in [1.807, 2.05) is 65.6 Å². The molecule has 0 aliphatic carbocycles. The minimum Gasteiger partial charge on any atom is -0.294 e. The summed E-state index contributed by atoms with van der Waals surface area (Å²) >= 11 is 0. The average molecular weight is 309 g/mol. The van der Waals surface area contributed by atoms with Gasteiger partial charge in [-0.2, -0.15) is 4.57 Å². The molecule has 0 atom stereocenters. The summed E-state index contributed by atoms with van der Waals surface area (Å²) in [6, 6.07) is 13.6. The summed E-state index contributed by atoms with van der Waals surface area (Å²) in [5.74, 6) is 4.89. The van der Waals surface area contributed by atoms with Gasteiger partial charge < -0.3 is 0 Å². The molecule has 0 saturated heterocycles. The zero-order valence-electron chi connectivity index (χ0n) is 12.5. The first kappa shape index (κ1) is 14.9. The number of aromatic nitrogens is 4. The fraction of sp³-hybridized carbons (Fsp3) is 0.125. The summed E-state index contributed by atoms with van der Waals surface area (Å²) in [4.78, 5) is 11.3. The van der Waals surface area contributed by atoms with E-state index in [1.165, 1.54) is 0 Å². The topological polar surface area (TPSA) is 89.7 Å². The molecule has 23 heavy (non-hydrogen) atoms. The van der Waals surface area contributed by atoms with Gasteiger partial charge >= 0.3 is 0 Å². The number of para-hydroxylation sites is 1. The Labute approximate surface area is 133 Å². The maximum Gasteiger partial charge on any atom is 0.238 e. The van der Waals surface area contributed by atoms with E-state index in [2.05, 4.69) is 15.7 Å². The number of hydrogen-bond donors (Lipinski definition) is 2. The van der Waals surface area contributed by atoms with Gasteiger partial charge in [0, 0.05) is 11.6 Å². The third-order valence-corrected chi connectivity index (χ3v) is 3.35. The molecule has 2 heterocycles. The predicted molar refractivity (Wildman–Crippen MR) is 83.1 cm³/mol. The number of pyridine rings is 1. The molecule has 3 rings (SSSR count). The summed E-state index contributed by atoms with van der Waals surface area (Å²) in [7, 11) is 0. The summed E-state index contributed by atoms with van der Waals surface area (Å²) in [6.45, 7) is 0.574. The van der Waals surface area contributed by atoms with Crippen LogP contribution in [0.2, 0.25) is 0 Å². The molecule has 3 aromatic rings. The van der Waals surface area contributed by atoms with E-state index in [0.29, 0.717) is 6.54 Å². The van der Waals surface area contributed by atoms with Gasteiger partial charge in [0.1, 0.15) is 5.69 Å². The van der Waals surface area contributed by atoms with Crippen LogP contribution in [0.4, 0.5) is 0 Å². The Hall–Kier alpha value is -3.06. The Balaban J connectivity index is 1.74. The standard InChI is InChI=1S/C16H16N6O/c17-18-16(23)9-13-5-4-8-21(10-13)11-14-12-22(20-19-14)15-6-2-1-3-7-15/h1-8,10,12H,9,11H2,(H2-,17,18,19,20,23)/p+1. The van der Waals surface area contributed by atoms with E-state index in [4.69, 9.17) is 5.84 Å². The molecule has 0 fully saturated rings. The number of hydrazine groups is 1. The second-order valence-corrected chi connectivity index (χ2v) is 5.12. The second kappa shape index (κ2) is 6.80. The van der Waals surface area contributed by atoms with Crippen molar-refractivity contribution in [2.75, 3.05) is 0 Å². The fourth-order valence-electron chi connectivity index (χ4n) is 2.28. The normalized spacial score (nSPS) is 10.5. The number of amides is 1. The van der Waals surface area contributed by atoms with Gasteiger partial charge in [-0.15, -0.1) is 5.10 Å². The van der Waals surface area contributed by atoms with Crippen LogP contribution in [0.15, 0.2) is 61.1 Å². The molecule has 0 spiro atoms. The number of rotatable bonds is 5. The van der Waals surface area contributed by atoms with Crippen LogP contribution in [-0.2, 0) is 17.8 Å². The van der Waals surface area contributed by atoms with Crippen LogP contribution in [0.1, 0.15) is 11.3 Å². The Morgan fingerprint density at radius 3 is 2.83 bits per heavy atom. The minimum absolute atomic E-state index is 0.224. The number of nitrogens with two attached hydrogens (primary N) is 1. The van der Waals surface area contributed by atoms with Crippen molar-refractivity contribution in [3.63, 3.8) is 0 Å². The van der Waals surface area contributed by atoms with Crippen molar-refractivity contribution < 1.29 is 9.36 Å². The molecule has 1 amide bonds. The Bertz CT molecular complexity index is 799. The number of carbonyl (C=O) groups excluding carboxylic acids is 1. The minimum atomic E-state index is -0.224. The zero-order valence-corrected chi connectivity index (χ0v) is 12.5. The SMILES string of the molecule is NNC(=O)Cc1ccc[n+](Cc2cn(-c3ccccc3)nn2)c1. The number of carbonyl (C=O) groups is 1. The lowest BCUT2D eigenvalue weighted by Crippen LogP contribution is -2.36. The summed E-state index contributed by atoms with van der Waals surface area (Å²) < 4.78 is 3.69. The van der Waals surface area contributed by atoms with Crippen molar-refractivity contribution in [2.45, 2.75) is 13.0 Å². The van der Waals surface area contributed by atoms with E-state index in [9.17, 15) is 4.79 Å². The third kappa shape index (κ3) is 3.78. The van der Waals surface area contributed by atoms with Crippen LogP contribution in [0.25, 0.3) is 5.69 Å². The van der Waals surface area contributed by atoms with Gasteiger partial charge in [0.25, 0.3) is 0 Å². The lowest BCUT2D eigenvalue weighted by Gasteiger charge is -1.99. The number of benzene rings is 1. The highest BCUT2D eigenvalue weighted by Crippen LogP contribution is 2.05. The van der Waals surface area contributed by atoms with Gasteiger partial charge in [-0.25, -0.2) is 10.5 Å². The molecule has 0 bridgehead atoms. The lowest BCUT2D eigenvalue weighted by atomic mass is 10.2. The molecule has 1 aromatic carbocycles. The molecular weight excluding hydrogens is 292 g/mol. The number of hydrogen-bond acceptors (Lipinski definition) is 4. The van der Waals surface area contributed by atoms with Crippen molar-refractivity contribution in [1.82, 2.24) is 20.4 Å². The Morgan fingerprint density at radius 2 is 2.04 bits per heavy atom. The van der Waals surface area contributed by atoms with Crippen LogP contribution in [0.5, 0.6) is 0 Å². The molecule has 0 aliphatic rings. The highest BCUT2D eigenvalue weighted by atomic mass is 16.2. The molecule has 0 radical (unpaired) electrons. The van der Waals surface area contributed by atoms with Crippen LogP contribution < -0.4 is 15.8 Å². The van der Waals surface area contributed by atoms with Gasteiger partial charge in [-0.3, -0.25) is 10.2 Å². The van der Waals surface area contributed by atoms with Crippen LogP contribution in [0, 0.1) is 0 Å². The molecule has 0 aliphatic heterocycles. The predicted octanol–water partition coefficient (Wildman–Crippen LogP) is 0.135. The first-order valence-corrected chi connectivity index (χ1v) is 7.18. The number of nitrogens with one attached hydrogen (secondary N) is 1. The zero-order chi connectivity index (χ0) is 16.1. The lowest BCUT2D eigenvalue weighted by molar-refractivity contribution is -0.689. The molecule has 3 N–H and O–H groups in total. The monoisotopic (exact) mass is 309 g/mol. The summed E-state index contributed by atoms with van der Waals surface area (Å²) in [6.07, 6.45) is 5.96. The van der Waals surface area contributed by atoms with Gasteiger partial charge in [-0.05, 0) is 18.2 Å². The molecule has 116 valence electrons. The molecule has 7 heteroatoms. The first-order chi connectivity index (χ1) is 11.2. The second-order valence-electron chi connectivity index (χ2n) is 5.12. The maximum absolute atomic E-state index is 11.3. The van der Waals surface area contributed by atoms with Crippen molar-refractivity contribution in [1.29, 1.82) is 0 Å². The molecule has 7 nitrogen and oxygen atoms in total. The third-order valence-electron chi connectivity index (χ3n) is 3.35. The van der Waals surface area contributed by atoms with Gasteiger partial charge in [0.2, 0.25) is 5.91 Å². The van der Waals surface area contributed by atoms with Crippen LogP contribution >= 0.6 is 0 Å². The van der Waals surface area contributed by atoms with E-state index >= 15 is 0 Å². The van der Waals surface area contributed by atoms with Gasteiger partial charge in [0.05, 0.1) is 18.3 Å². The van der Waals surface area contributed by atoms with E-state index in [-0.39, 0.29) is 12.3 Å². The largest absolute Gasteiger partial charge is 0.294 e. The van der Waals surface area contributed by atoms with Crippen molar-refractivity contribution in [3.05, 3.63) is 72.3 Å². The molecule has 2 aromatic heterocycles. The average Bonchev–Trinajstić information content (AvgIpc) is 3.04. The van der Waals surface area contributed by atoms with E-state index in [0.717, 1.165) is 16.9 Å². The van der Waals surface area contributed by atoms with Crippen LogP contribution in [-0.4, -0.2) is 20.9 Å². The van der Waals surface area contributed by atoms with Crippen molar-refractivity contribution in [3.8, 4) is 5.69 Å². The highest BCUT2D eigenvalue weighted by Gasteiger charge is 2.10. The van der Waals surface area contributed by atoms with E-state index < -0.39 is 0 Å². The Kier molecular flexibility index (Phi) is 4.39. The fourth-order valence-corrected chi connectivity index (χ4v) is 2.28. The Morgan fingerprint density at radius 1 is 1.22 bits per heavy atom. The van der Waals surface area contributed by atoms with Crippen molar-refractivity contribution in [2.24, 2.45) is 5.84 Å². The van der Waals surface area contributed by atoms with Crippen molar-refractivity contribution >= 4 is 5.91 Å².